The standard InChI is InChI=1S/C7H9O2/c1-2-7(8)9-6-4-3-5-6/h1-2,6H,3-5H2. The van der Waals surface area contributed by atoms with Gasteiger partial charge in [-0.05, 0) is 19.3 Å². The van der Waals surface area contributed by atoms with Gasteiger partial charge in [0.05, 0.1) is 0 Å². The molecule has 49 valence electrons. The molecule has 0 bridgehead atoms. The summed E-state index contributed by atoms with van der Waals surface area (Å²) in [5, 5.41) is 0. The number of rotatable bonds is 2. The maximum absolute atomic E-state index is 10.4. The number of ether oxygens (including phenoxy) is 1. The molecule has 1 fully saturated rings. The molecule has 1 aliphatic carbocycles. The number of esters is 1. The summed E-state index contributed by atoms with van der Waals surface area (Å²) in [6.45, 7) is 4.90. The molecule has 0 unspecified atom stereocenters. The Labute approximate surface area is 54.5 Å². The van der Waals surface area contributed by atoms with Gasteiger partial charge in [0.25, 0.3) is 0 Å². The second-order valence-electron chi connectivity index (χ2n) is 2.16. The summed E-state index contributed by atoms with van der Waals surface area (Å²) in [6.07, 6.45) is 4.28. The van der Waals surface area contributed by atoms with Gasteiger partial charge in [-0.15, -0.1) is 0 Å². The van der Waals surface area contributed by atoms with Crippen molar-refractivity contribution in [2.24, 2.45) is 0 Å². The van der Waals surface area contributed by atoms with Crippen molar-refractivity contribution in [1.29, 1.82) is 0 Å². The third kappa shape index (κ3) is 1.56. The summed E-state index contributed by atoms with van der Waals surface area (Å²) < 4.78 is 4.82. The summed E-state index contributed by atoms with van der Waals surface area (Å²) in [5.74, 6) is -0.403. The highest BCUT2D eigenvalue weighted by molar-refractivity contribution is 5.80. The Kier molecular flexibility index (Phi) is 1.88. The molecule has 1 radical (unpaired) electrons. The average Bonchev–Trinajstić information content (AvgIpc) is 1.78. The Morgan fingerprint density at radius 2 is 2.33 bits per heavy atom. The summed E-state index contributed by atoms with van der Waals surface area (Å²) in [7, 11) is 0. The molecule has 0 aromatic carbocycles. The molecule has 0 aromatic rings. The van der Waals surface area contributed by atoms with Crippen LogP contribution in [-0.4, -0.2) is 12.1 Å². The number of hydrogen-bond acceptors (Lipinski definition) is 2. The zero-order chi connectivity index (χ0) is 6.69. The lowest BCUT2D eigenvalue weighted by Gasteiger charge is -2.24. The summed E-state index contributed by atoms with van der Waals surface area (Å²) >= 11 is 0. The van der Waals surface area contributed by atoms with E-state index in [9.17, 15) is 4.79 Å². The fourth-order valence-corrected chi connectivity index (χ4v) is 0.692. The molecule has 0 aliphatic heterocycles. The van der Waals surface area contributed by atoms with Gasteiger partial charge in [-0.2, -0.15) is 0 Å². The molecule has 1 aliphatic rings. The van der Waals surface area contributed by atoms with Crippen LogP contribution in [0, 0.1) is 6.58 Å². The Hall–Kier alpha value is -0.790. The lowest BCUT2D eigenvalue weighted by atomic mass is 9.96. The molecular weight excluding hydrogens is 116 g/mol. The Morgan fingerprint density at radius 3 is 2.67 bits per heavy atom. The quantitative estimate of drug-likeness (QED) is 0.407. The molecule has 2 heteroatoms. The van der Waals surface area contributed by atoms with Crippen molar-refractivity contribution in [2.45, 2.75) is 25.4 Å². The minimum atomic E-state index is -0.403. The first-order valence-corrected chi connectivity index (χ1v) is 3.08. The van der Waals surface area contributed by atoms with E-state index in [0.717, 1.165) is 18.9 Å². The highest BCUT2D eigenvalue weighted by Gasteiger charge is 2.19. The molecule has 0 atom stereocenters. The summed E-state index contributed by atoms with van der Waals surface area (Å²) in [4.78, 5) is 10.4. The molecule has 1 saturated carbocycles. The first kappa shape index (κ1) is 6.33. The fraction of sp³-hybridized carbons (Fsp3) is 0.571. The highest BCUT2D eigenvalue weighted by Crippen LogP contribution is 2.21. The van der Waals surface area contributed by atoms with Crippen molar-refractivity contribution in [3.63, 3.8) is 0 Å². The van der Waals surface area contributed by atoms with Crippen LogP contribution in [0.5, 0.6) is 0 Å². The first-order valence-electron chi connectivity index (χ1n) is 3.08. The molecule has 0 spiro atoms. The Morgan fingerprint density at radius 1 is 1.67 bits per heavy atom. The van der Waals surface area contributed by atoms with Crippen molar-refractivity contribution in [3.8, 4) is 0 Å². The number of carbonyl (C=O) groups excluding carboxylic acids is 1. The van der Waals surface area contributed by atoms with Gasteiger partial charge in [-0.25, -0.2) is 4.79 Å². The molecular formula is C7H9O2. The van der Waals surface area contributed by atoms with Crippen LogP contribution in [0.3, 0.4) is 0 Å². The van der Waals surface area contributed by atoms with E-state index in [-0.39, 0.29) is 6.10 Å². The number of hydrogen-bond donors (Lipinski definition) is 0. The third-order valence-corrected chi connectivity index (χ3v) is 1.47. The highest BCUT2D eigenvalue weighted by atomic mass is 16.5. The third-order valence-electron chi connectivity index (χ3n) is 1.47. The van der Waals surface area contributed by atoms with Crippen LogP contribution in [-0.2, 0) is 9.53 Å². The zero-order valence-corrected chi connectivity index (χ0v) is 5.17. The van der Waals surface area contributed by atoms with Gasteiger partial charge in [0.15, 0.2) is 0 Å². The maximum Gasteiger partial charge on any atom is 0.331 e. The molecule has 0 aromatic heterocycles. The van der Waals surface area contributed by atoms with E-state index in [1.807, 2.05) is 0 Å². The van der Waals surface area contributed by atoms with Gasteiger partial charge in [-0.3, -0.25) is 0 Å². The largest absolute Gasteiger partial charge is 0.459 e. The monoisotopic (exact) mass is 125 g/mol. The molecule has 0 heterocycles. The van der Waals surface area contributed by atoms with Crippen molar-refractivity contribution in [3.05, 3.63) is 12.7 Å². The smallest absolute Gasteiger partial charge is 0.331 e. The van der Waals surface area contributed by atoms with E-state index >= 15 is 0 Å². The predicted octanol–water partition coefficient (Wildman–Crippen LogP) is 1.07. The second-order valence-corrected chi connectivity index (χ2v) is 2.16. The van der Waals surface area contributed by atoms with E-state index in [2.05, 4.69) is 0 Å². The molecule has 0 N–H and O–H groups in total. The van der Waals surface area contributed by atoms with E-state index in [1.54, 1.807) is 0 Å². The van der Waals surface area contributed by atoms with Crippen LogP contribution in [0.2, 0.25) is 0 Å². The molecule has 0 amide bonds. The van der Waals surface area contributed by atoms with Gasteiger partial charge >= 0.3 is 5.97 Å². The topological polar surface area (TPSA) is 26.3 Å². The zero-order valence-electron chi connectivity index (χ0n) is 5.17. The van der Waals surface area contributed by atoms with Crippen LogP contribution in [0.25, 0.3) is 0 Å². The van der Waals surface area contributed by atoms with Gasteiger partial charge in [-0.1, -0.05) is 6.58 Å². The van der Waals surface area contributed by atoms with E-state index in [1.165, 1.54) is 6.42 Å². The molecule has 9 heavy (non-hydrogen) atoms. The number of carbonyl (C=O) groups is 1. The van der Waals surface area contributed by atoms with Crippen molar-refractivity contribution >= 4 is 5.97 Å². The molecule has 0 saturated heterocycles. The van der Waals surface area contributed by atoms with Crippen molar-refractivity contribution in [1.82, 2.24) is 0 Å². The van der Waals surface area contributed by atoms with Gasteiger partial charge in [0.1, 0.15) is 6.10 Å². The normalized spacial score (nSPS) is 18.2. The lowest BCUT2D eigenvalue weighted by Crippen LogP contribution is -2.23. The van der Waals surface area contributed by atoms with Crippen LogP contribution < -0.4 is 0 Å². The Bertz CT molecular complexity index is 125. The SMILES string of the molecule is [CH]=CC(=O)OC1CCC1. The minimum absolute atomic E-state index is 0.150. The van der Waals surface area contributed by atoms with Crippen LogP contribution in [0.4, 0.5) is 0 Å². The predicted molar refractivity (Wildman–Crippen MR) is 32.6 cm³/mol. The minimum Gasteiger partial charge on any atom is -0.459 e. The van der Waals surface area contributed by atoms with Crippen molar-refractivity contribution < 1.29 is 9.53 Å². The second kappa shape index (κ2) is 2.67. The average molecular weight is 125 g/mol. The lowest BCUT2D eigenvalue weighted by molar-refractivity contribution is -0.146. The van der Waals surface area contributed by atoms with E-state index in [0.29, 0.717) is 0 Å². The fourth-order valence-electron chi connectivity index (χ4n) is 0.692. The van der Waals surface area contributed by atoms with Gasteiger partial charge < -0.3 is 4.74 Å². The summed E-state index contributed by atoms with van der Waals surface area (Å²) in [6, 6.07) is 0. The van der Waals surface area contributed by atoms with Gasteiger partial charge in [0, 0.05) is 6.08 Å². The van der Waals surface area contributed by atoms with Crippen LogP contribution in [0.15, 0.2) is 6.08 Å². The maximum atomic E-state index is 10.4. The van der Waals surface area contributed by atoms with E-state index < -0.39 is 5.97 Å². The molecule has 1 rings (SSSR count). The van der Waals surface area contributed by atoms with Crippen molar-refractivity contribution in [2.75, 3.05) is 0 Å². The van der Waals surface area contributed by atoms with Crippen LogP contribution >= 0.6 is 0 Å². The van der Waals surface area contributed by atoms with Crippen LogP contribution in [0.1, 0.15) is 19.3 Å². The Balaban J connectivity index is 2.16. The summed E-state index contributed by atoms with van der Waals surface area (Å²) in [5.41, 5.74) is 0. The first-order chi connectivity index (χ1) is 4.33. The van der Waals surface area contributed by atoms with E-state index in [4.69, 9.17) is 11.3 Å². The van der Waals surface area contributed by atoms with Gasteiger partial charge in [0.2, 0.25) is 0 Å². The molecule has 2 nitrogen and oxygen atoms in total.